The van der Waals surface area contributed by atoms with Gasteiger partial charge in [-0.25, -0.2) is 0 Å². The van der Waals surface area contributed by atoms with Crippen molar-refractivity contribution >= 4 is 17.3 Å². The first-order chi connectivity index (χ1) is 12.7. The quantitative estimate of drug-likeness (QED) is 0.841. The van der Waals surface area contributed by atoms with Crippen LogP contribution in [0.3, 0.4) is 0 Å². The molecule has 0 bridgehead atoms. The van der Waals surface area contributed by atoms with Gasteiger partial charge < -0.3 is 5.32 Å². The van der Waals surface area contributed by atoms with Crippen molar-refractivity contribution in [2.24, 2.45) is 0 Å². The van der Waals surface area contributed by atoms with Crippen LogP contribution in [0.4, 0.5) is 0 Å². The Hall–Kier alpha value is -2.94. The predicted octanol–water partition coefficient (Wildman–Crippen LogP) is 4.30. The summed E-state index contributed by atoms with van der Waals surface area (Å²) < 4.78 is 0. The highest BCUT2D eigenvalue weighted by molar-refractivity contribution is 6.23. The van der Waals surface area contributed by atoms with Gasteiger partial charge in [0.25, 0.3) is 0 Å². The Morgan fingerprint density at radius 1 is 0.885 bits per heavy atom. The van der Waals surface area contributed by atoms with Gasteiger partial charge in [-0.05, 0) is 30.9 Å². The van der Waals surface area contributed by atoms with Gasteiger partial charge in [0.1, 0.15) is 0 Å². The largest absolute Gasteiger partial charge is 0.358 e. The number of hydrogen-bond acceptors (Lipinski definition) is 3. The number of carbonyl (C=O) groups is 2. The Morgan fingerprint density at radius 3 is 2.42 bits per heavy atom. The minimum absolute atomic E-state index is 0.0428. The van der Waals surface area contributed by atoms with E-state index in [1.54, 1.807) is 0 Å². The van der Waals surface area contributed by atoms with E-state index in [0.717, 1.165) is 57.6 Å². The fourth-order valence-electron chi connectivity index (χ4n) is 4.56. The van der Waals surface area contributed by atoms with Crippen molar-refractivity contribution in [3.05, 3.63) is 87.6 Å². The van der Waals surface area contributed by atoms with Crippen molar-refractivity contribution in [2.75, 3.05) is 0 Å². The number of Topliss-reactive ketones (excluding diaryl/α,β-unsaturated/α-hetero) is 2. The van der Waals surface area contributed by atoms with Crippen LogP contribution in [0.25, 0.3) is 5.70 Å². The van der Waals surface area contributed by atoms with Gasteiger partial charge in [-0.1, -0.05) is 48.5 Å². The topological polar surface area (TPSA) is 46.2 Å². The van der Waals surface area contributed by atoms with E-state index in [-0.39, 0.29) is 17.5 Å². The molecule has 3 nitrogen and oxygen atoms in total. The number of aryl methyl sites for hydroxylation is 1. The molecule has 0 radical (unpaired) electrons. The number of benzene rings is 2. The zero-order valence-corrected chi connectivity index (χ0v) is 14.6. The summed E-state index contributed by atoms with van der Waals surface area (Å²) in [7, 11) is 0. The van der Waals surface area contributed by atoms with Crippen LogP contribution < -0.4 is 5.32 Å². The Balaban J connectivity index is 1.79. The van der Waals surface area contributed by atoms with Crippen molar-refractivity contribution in [3.8, 4) is 0 Å². The molecule has 5 rings (SSSR count). The Morgan fingerprint density at radius 2 is 1.62 bits per heavy atom. The van der Waals surface area contributed by atoms with Gasteiger partial charge in [0.2, 0.25) is 0 Å². The van der Waals surface area contributed by atoms with Crippen LogP contribution in [0.2, 0.25) is 0 Å². The molecule has 1 atom stereocenters. The van der Waals surface area contributed by atoms with E-state index in [2.05, 4.69) is 24.4 Å². The molecular formula is C23H19NO2. The molecule has 0 spiro atoms. The third-order valence-electron chi connectivity index (χ3n) is 5.76. The van der Waals surface area contributed by atoms with E-state index in [1.807, 2.05) is 36.4 Å². The lowest BCUT2D eigenvalue weighted by Gasteiger charge is -2.33. The first kappa shape index (κ1) is 15.3. The fraction of sp³-hybridized carbons (Fsp3) is 0.217. The maximum atomic E-state index is 13.3. The number of dihydropyridines is 1. The SMILES string of the molecule is Cc1ccccc1[C@@H]1C2=C(CCCC2=O)NC2=C1C(=O)c1ccccc12. The molecule has 0 saturated heterocycles. The third kappa shape index (κ3) is 2.00. The highest BCUT2D eigenvalue weighted by Gasteiger charge is 2.43. The maximum Gasteiger partial charge on any atom is 0.192 e. The zero-order chi connectivity index (χ0) is 17.8. The summed E-state index contributed by atoms with van der Waals surface area (Å²) >= 11 is 0. The molecule has 0 unspecified atom stereocenters. The molecule has 3 aliphatic rings. The molecule has 1 aliphatic heterocycles. The predicted molar refractivity (Wildman–Crippen MR) is 101 cm³/mol. The summed E-state index contributed by atoms with van der Waals surface area (Å²) in [6.07, 6.45) is 2.28. The summed E-state index contributed by atoms with van der Waals surface area (Å²) in [5, 5.41) is 3.47. The van der Waals surface area contributed by atoms with Crippen LogP contribution >= 0.6 is 0 Å². The van der Waals surface area contributed by atoms with Crippen molar-refractivity contribution in [3.63, 3.8) is 0 Å². The molecule has 0 amide bonds. The van der Waals surface area contributed by atoms with Gasteiger partial charge in [-0.3, -0.25) is 9.59 Å². The summed E-state index contributed by atoms with van der Waals surface area (Å²) in [5.41, 5.74) is 7.28. The molecule has 1 heterocycles. The van der Waals surface area contributed by atoms with Crippen LogP contribution in [-0.2, 0) is 4.79 Å². The first-order valence-electron chi connectivity index (χ1n) is 9.14. The third-order valence-corrected chi connectivity index (χ3v) is 5.76. The lowest BCUT2D eigenvalue weighted by molar-refractivity contribution is -0.116. The minimum Gasteiger partial charge on any atom is -0.358 e. The fourth-order valence-corrected chi connectivity index (χ4v) is 4.56. The molecular weight excluding hydrogens is 322 g/mol. The van der Waals surface area contributed by atoms with Gasteiger partial charge in [0, 0.05) is 40.3 Å². The average molecular weight is 341 g/mol. The molecule has 2 aromatic rings. The summed E-state index contributed by atoms with van der Waals surface area (Å²) in [6.45, 7) is 2.05. The number of carbonyl (C=O) groups excluding carboxylic acids is 2. The van der Waals surface area contributed by atoms with Crippen molar-refractivity contribution in [2.45, 2.75) is 32.1 Å². The molecule has 1 N–H and O–H groups in total. The zero-order valence-electron chi connectivity index (χ0n) is 14.6. The molecule has 0 saturated carbocycles. The number of allylic oxidation sites excluding steroid dienone is 3. The van der Waals surface area contributed by atoms with E-state index < -0.39 is 0 Å². The van der Waals surface area contributed by atoms with E-state index in [0.29, 0.717) is 6.42 Å². The highest BCUT2D eigenvalue weighted by Crippen LogP contribution is 2.49. The van der Waals surface area contributed by atoms with E-state index >= 15 is 0 Å². The molecule has 2 aromatic carbocycles. The van der Waals surface area contributed by atoms with Gasteiger partial charge in [-0.2, -0.15) is 0 Å². The number of ketones is 2. The van der Waals surface area contributed by atoms with Crippen molar-refractivity contribution in [1.29, 1.82) is 0 Å². The first-order valence-corrected chi connectivity index (χ1v) is 9.14. The standard InChI is InChI=1S/C23H19NO2/c1-13-7-2-3-8-14(13)19-20-17(11-6-12-18(20)25)24-22-15-9-4-5-10-16(15)23(26)21(19)22/h2-5,7-10,19,24H,6,11-12H2,1H3/t19-/m1/s1. The molecule has 26 heavy (non-hydrogen) atoms. The number of hydrogen-bond donors (Lipinski definition) is 1. The number of fused-ring (bicyclic) bond motifs is 2. The van der Waals surface area contributed by atoms with Gasteiger partial charge in [0.05, 0.1) is 5.70 Å². The van der Waals surface area contributed by atoms with Crippen molar-refractivity contribution < 1.29 is 9.59 Å². The van der Waals surface area contributed by atoms with Crippen LogP contribution in [0.1, 0.15) is 52.2 Å². The van der Waals surface area contributed by atoms with E-state index in [1.165, 1.54) is 0 Å². The average Bonchev–Trinajstić information content (AvgIpc) is 2.94. The summed E-state index contributed by atoms with van der Waals surface area (Å²) in [5.74, 6) is -0.0567. The van der Waals surface area contributed by atoms with Gasteiger partial charge in [0.15, 0.2) is 11.6 Å². The summed E-state index contributed by atoms with van der Waals surface area (Å²) in [6, 6.07) is 15.8. The lowest BCUT2D eigenvalue weighted by Crippen LogP contribution is -2.32. The van der Waals surface area contributed by atoms with E-state index in [4.69, 9.17) is 0 Å². The van der Waals surface area contributed by atoms with Crippen molar-refractivity contribution in [1.82, 2.24) is 5.32 Å². The molecule has 2 aliphatic carbocycles. The van der Waals surface area contributed by atoms with Gasteiger partial charge >= 0.3 is 0 Å². The Bertz CT molecular complexity index is 1040. The van der Waals surface area contributed by atoms with Crippen LogP contribution in [0.5, 0.6) is 0 Å². The Kier molecular flexibility index (Phi) is 3.26. The number of rotatable bonds is 1. The summed E-state index contributed by atoms with van der Waals surface area (Å²) in [4.78, 5) is 26.1. The lowest BCUT2D eigenvalue weighted by atomic mass is 9.74. The minimum atomic E-state index is -0.268. The molecule has 128 valence electrons. The van der Waals surface area contributed by atoms with Crippen LogP contribution in [0.15, 0.2) is 65.4 Å². The molecule has 0 aromatic heterocycles. The van der Waals surface area contributed by atoms with Crippen LogP contribution in [0, 0.1) is 6.92 Å². The van der Waals surface area contributed by atoms with Gasteiger partial charge in [-0.15, -0.1) is 0 Å². The second-order valence-electron chi connectivity index (χ2n) is 7.25. The molecule has 3 heteroatoms. The normalized spacial score (nSPS) is 21.3. The van der Waals surface area contributed by atoms with Crippen LogP contribution in [-0.4, -0.2) is 11.6 Å². The second kappa shape index (κ2) is 5.53. The van der Waals surface area contributed by atoms with E-state index in [9.17, 15) is 9.59 Å². The second-order valence-corrected chi connectivity index (χ2v) is 7.25. The smallest absolute Gasteiger partial charge is 0.192 e. The Labute approximate surface area is 152 Å². The molecule has 0 fully saturated rings. The monoisotopic (exact) mass is 341 g/mol. The number of nitrogens with one attached hydrogen (secondary N) is 1. The maximum absolute atomic E-state index is 13.3. The highest BCUT2D eigenvalue weighted by atomic mass is 16.1.